The van der Waals surface area contributed by atoms with Crippen molar-refractivity contribution in [2.24, 2.45) is 17.8 Å². The number of ether oxygens (including phenoxy) is 1. The van der Waals surface area contributed by atoms with Crippen molar-refractivity contribution in [1.29, 1.82) is 0 Å². The Labute approximate surface area is 151 Å². The SMILES string of the molecule is Cc1cc(C)c(C)c(O[C@H](C)C(=O)NC23CC4CC(CC(C4)C2)C3)c1. The van der Waals surface area contributed by atoms with Gasteiger partial charge in [0.05, 0.1) is 0 Å². The van der Waals surface area contributed by atoms with Crippen LogP contribution in [0.4, 0.5) is 0 Å². The lowest BCUT2D eigenvalue weighted by molar-refractivity contribution is -0.133. The summed E-state index contributed by atoms with van der Waals surface area (Å²) in [4.78, 5) is 12.9. The van der Waals surface area contributed by atoms with Crippen molar-refractivity contribution >= 4 is 5.91 Å². The van der Waals surface area contributed by atoms with Gasteiger partial charge in [0.2, 0.25) is 0 Å². The van der Waals surface area contributed by atoms with Crippen molar-refractivity contribution in [3.05, 3.63) is 28.8 Å². The van der Waals surface area contributed by atoms with Crippen LogP contribution in [-0.4, -0.2) is 17.6 Å². The average molecular weight is 341 g/mol. The molecule has 1 atom stereocenters. The first-order valence-corrected chi connectivity index (χ1v) is 9.90. The summed E-state index contributed by atoms with van der Waals surface area (Å²) in [5, 5.41) is 3.43. The lowest BCUT2D eigenvalue weighted by Crippen LogP contribution is -2.61. The second kappa shape index (κ2) is 6.03. The molecule has 25 heavy (non-hydrogen) atoms. The fourth-order valence-corrected chi connectivity index (χ4v) is 5.99. The van der Waals surface area contributed by atoms with E-state index in [9.17, 15) is 4.79 Å². The summed E-state index contributed by atoms with van der Waals surface area (Å²) in [7, 11) is 0. The Balaban J connectivity index is 1.45. The number of hydrogen-bond donors (Lipinski definition) is 1. The summed E-state index contributed by atoms with van der Waals surface area (Å²) >= 11 is 0. The van der Waals surface area contributed by atoms with Crippen LogP contribution in [-0.2, 0) is 4.79 Å². The molecule has 3 heteroatoms. The molecule has 1 aromatic rings. The number of carbonyl (C=O) groups excluding carboxylic acids is 1. The van der Waals surface area contributed by atoms with Gasteiger partial charge < -0.3 is 10.1 Å². The van der Waals surface area contributed by atoms with Gasteiger partial charge in [-0.2, -0.15) is 0 Å². The Bertz CT molecular complexity index is 658. The van der Waals surface area contributed by atoms with E-state index in [0.29, 0.717) is 0 Å². The number of rotatable bonds is 4. The van der Waals surface area contributed by atoms with Crippen LogP contribution in [0.25, 0.3) is 0 Å². The second-order valence-electron chi connectivity index (χ2n) is 9.15. The van der Waals surface area contributed by atoms with Gasteiger partial charge in [-0.05, 0) is 107 Å². The number of benzene rings is 1. The monoisotopic (exact) mass is 341 g/mol. The van der Waals surface area contributed by atoms with E-state index in [2.05, 4.69) is 32.2 Å². The standard InChI is InChI=1S/C22H31NO2/c1-13-5-14(2)15(3)20(6-13)25-16(4)21(24)23-22-10-17-7-18(11-22)9-19(8-17)12-22/h5-6,16-19H,7-12H2,1-4H3,(H,23,24)/t16-,17?,18?,19?,22?/m1/s1. The van der Waals surface area contributed by atoms with Crippen molar-refractivity contribution in [3.8, 4) is 5.75 Å². The van der Waals surface area contributed by atoms with E-state index in [4.69, 9.17) is 4.74 Å². The van der Waals surface area contributed by atoms with Crippen molar-refractivity contribution in [3.63, 3.8) is 0 Å². The molecule has 1 aromatic carbocycles. The Morgan fingerprint density at radius 2 is 1.64 bits per heavy atom. The van der Waals surface area contributed by atoms with Gasteiger partial charge in [0.15, 0.2) is 6.10 Å². The van der Waals surface area contributed by atoms with Gasteiger partial charge in [-0.25, -0.2) is 0 Å². The second-order valence-corrected chi connectivity index (χ2v) is 9.15. The third-order valence-corrected chi connectivity index (χ3v) is 6.86. The first kappa shape index (κ1) is 16.9. The highest BCUT2D eigenvalue weighted by Gasteiger charge is 2.51. The minimum atomic E-state index is -0.451. The third-order valence-electron chi connectivity index (χ3n) is 6.86. The van der Waals surface area contributed by atoms with Gasteiger partial charge in [0.25, 0.3) is 5.91 Å². The minimum absolute atomic E-state index is 0.0560. The molecule has 0 aliphatic heterocycles. The molecule has 0 saturated heterocycles. The molecule has 1 N–H and O–H groups in total. The maximum absolute atomic E-state index is 12.9. The number of carbonyl (C=O) groups is 1. The Hall–Kier alpha value is -1.51. The van der Waals surface area contributed by atoms with Crippen LogP contribution in [0, 0.1) is 38.5 Å². The maximum Gasteiger partial charge on any atom is 0.261 e. The normalized spacial score (nSPS) is 34.0. The predicted molar refractivity (Wildman–Crippen MR) is 99.8 cm³/mol. The lowest BCUT2D eigenvalue weighted by atomic mass is 9.53. The highest BCUT2D eigenvalue weighted by atomic mass is 16.5. The summed E-state index contributed by atoms with van der Waals surface area (Å²) in [6.07, 6.45) is 7.27. The van der Waals surface area contributed by atoms with Crippen molar-refractivity contribution in [2.45, 2.75) is 77.9 Å². The topological polar surface area (TPSA) is 38.3 Å². The summed E-state index contributed by atoms with van der Waals surface area (Å²) in [6.45, 7) is 8.11. The van der Waals surface area contributed by atoms with Crippen LogP contribution in [0.5, 0.6) is 5.75 Å². The summed E-state index contributed by atoms with van der Waals surface area (Å²) < 4.78 is 6.07. The first-order valence-electron chi connectivity index (χ1n) is 9.90. The van der Waals surface area contributed by atoms with Gasteiger partial charge in [0, 0.05) is 5.54 Å². The van der Waals surface area contributed by atoms with Gasteiger partial charge in [-0.3, -0.25) is 4.79 Å². The molecule has 1 amide bonds. The Morgan fingerprint density at radius 3 is 2.20 bits per heavy atom. The van der Waals surface area contributed by atoms with Gasteiger partial charge in [-0.1, -0.05) is 6.07 Å². The molecule has 4 fully saturated rings. The number of hydrogen-bond acceptors (Lipinski definition) is 2. The van der Waals surface area contributed by atoms with Crippen molar-refractivity contribution in [1.82, 2.24) is 5.32 Å². The molecule has 4 saturated carbocycles. The predicted octanol–water partition coefficient (Wildman–Crippen LogP) is 4.46. The zero-order chi connectivity index (χ0) is 17.8. The van der Waals surface area contributed by atoms with Gasteiger partial charge in [-0.15, -0.1) is 0 Å². The molecule has 5 rings (SSSR count). The van der Waals surface area contributed by atoms with E-state index in [-0.39, 0.29) is 11.4 Å². The zero-order valence-corrected chi connectivity index (χ0v) is 16.0. The molecule has 4 aliphatic rings. The van der Waals surface area contributed by atoms with E-state index < -0.39 is 6.10 Å². The molecule has 4 aliphatic carbocycles. The fourth-order valence-electron chi connectivity index (χ4n) is 5.99. The largest absolute Gasteiger partial charge is 0.481 e. The lowest BCUT2D eigenvalue weighted by Gasteiger charge is -2.57. The quantitative estimate of drug-likeness (QED) is 0.878. The highest BCUT2D eigenvalue weighted by Crippen LogP contribution is 2.55. The Kier molecular flexibility index (Phi) is 4.09. The molecule has 0 heterocycles. The molecule has 0 radical (unpaired) electrons. The van der Waals surface area contributed by atoms with E-state index in [1.165, 1.54) is 49.7 Å². The fraction of sp³-hybridized carbons (Fsp3) is 0.682. The summed E-state index contributed by atoms with van der Waals surface area (Å²) in [6, 6.07) is 4.19. The van der Waals surface area contributed by atoms with Crippen LogP contribution in [0.3, 0.4) is 0 Å². The van der Waals surface area contributed by atoms with Crippen LogP contribution in [0.15, 0.2) is 12.1 Å². The number of aryl methyl sites for hydroxylation is 2. The molecule has 0 unspecified atom stereocenters. The van der Waals surface area contributed by atoms with E-state index in [1.807, 2.05) is 13.0 Å². The van der Waals surface area contributed by atoms with Crippen LogP contribution in [0.2, 0.25) is 0 Å². The molecular weight excluding hydrogens is 310 g/mol. The molecule has 0 aromatic heterocycles. The van der Waals surface area contributed by atoms with Crippen LogP contribution in [0.1, 0.15) is 62.1 Å². The van der Waals surface area contributed by atoms with E-state index in [1.54, 1.807) is 0 Å². The number of amides is 1. The first-order chi connectivity index (χ1) is 11.8. The van der Waals surface area contributed by atoms with E-state index >= 15 is 0 Å². The smallest absolute Gasteiger partial charge is 0.261 e. The molecule has 3 nitrogen and oxygen atoms in total. The molecule has 0 spiro atoms. The number of nitrogens with one attached hydrogen (secondary N) is 1. The third kappa shape index (κ3) is 3.18. The van der Waals surface area contributed by atoms with Crippen LogP contribution >= 0.6 is 0 Å². The Morgan fingerprint density at radius 1 is 1.08 bits per heavy atom. The zero-order valence-electron chi connectivity index (χ0n) is 16.0. The maximum atomic E-state index is 12.9. The molecular formula is C22H31NO2. The van der Waals surface area contributed by atoms with Gasteiger partial charge in [0.1, 0.15) is 5.75 Å². The summed E-state index contributed by atoms with van der Waals surface area (Å²) in [5.41, 5.74) is 3.57. The summed E-state index contributed by atoms with van der Waals surface area (Å²) in [5.74, 6) is 3.41. The van der Waals surface area contributed by atoms with E-state index in [0.717, 1.165) is 29.1 Å². The molecule has 4 bridgehead atoms. The average Bonchev–Trinajstić information content (AvgIpc) is 2.50. The minimum Gasteiger partial charge on any atom is -0.481 e. The van der Waals surface area contributed by atoms with Crippen molar-refractivity contribution in [2.75, 3.05) is 0 Å². The van der Waals surface area contributed by atoms with Gasteiger partial charge >= 0.3 is 0 Å². The van der Waals surface area contributed by atoms with Crippen molar-refractivity contribution < 1.29 is 9.53 Å². The van der Waals surface area contributed by atoms with Crippen LogP contribution < -0.4 is 10.1 Å². The highest BCUT2D eigenvalue weighted by molar-refractivity contribution is 5.81. The molecule has 136 valence electrons.